The number of halogens is 1. The van der Waals surface area contributed by atoms with Crippen LogP contribution in [0.15, 0.2) is 24.3 Å². The van der Waals surface area contributed by atoms with Crippen LogP contribution in [0, 0.1) is 12.7 Å². The van der Waals surface area contributed by atoms with E-state index in [0.29, 0.717) is 35.5 Å². The number of rotatable bonds is 3. The fraction of sp³-hybridized carbons (Fsp3) is 0.368. The van der Waals surface area contributed by atoms with E-state index < -0.39 is 12.0 Å². The molecule has 26 heavy (non-hydrogen) atoms. The minimum atomic E-state index is -0.597. The Hall–Kier alpha value is -2.83. The molecule has 1 aromatic carbocycles. The summed E-state index contributed by atoms with van der Waals surface area (Å²) in [7, 11) is 0. The maximum absolute atomic E-state index is 13.7. The van der Waals surface area contributed by atoms with E-state index >= 15 is 0 Å². The van der Waals surface area contributed by atoms with Gasteiger partial charge in [-0.05, 0) is 38.5 Å². The molecule has 0 radical (unpaired) electrons. The number of nitrogens with two attached hydrogens (primary N) is 1. The number of primary amides is 1. The highest BCUT2D eigenvalue weighted by atomic mass is 19.1. The first-order chi connectivity index (χ1) is 12.3. The van der Waals surface area contributed by atoms with Crippen LogP contribution in [0.5, 0.6) is 0 Å². The second-order valence-electron chi connectivity index (χ2n) is 6.66. The Morgan fingerprint density at radius 3 is 2.62 bits per heavy atom. The number of nitrogens with zero attached hydrogens (tertiary/aromatic N) is 2. The van der Waals surface area contributed by atoms with Gasteiger partial charge in [-0.3, -0.25) is 4.79 Å². The van der Waals surface area contributed by atoms with Crippen LogP contribution in [0.2, 0.25) is 0 Å². The molecule has 7 heteroatoms. The summed E-state index contributed by atoms with van der Waals surface area (Å²) >= 11 is 0. The van der Waals surface area contributed by atoms with Gasteiger partial charge >= 0.3 is 6.09 Å². The van der Waals surface area contributed by atoms with Crippen LogP contribution in [-0.4, -0.2) is 34.1 Å². The summed E-state index contributed by atoms with van der Waals surface area (Å²) in [5.74, 6) is -0.983. The average molecular weight is 359 g/mol. The summed E-state index contributed by atoms with van der Waals surface area (Å²) < 4.78 is 20.9. The van der Waals surface area contributed by atoms with Gasteiger partial charge in [-0.2, -0.15) is 0 Å². The van der Waals surface area contributed by atoms with Crippen LogP contribution in [0.1, 0.15) is 35.6 Å². The first kappa shape index (κ1) is 18.0. The molecule has 3 rings (SSSR count). The predicted octanol–water partition coefficient (Wildman–Crippen LogP) is 3.06. The van der Waals surface area contributed by atoms with Crippen molar-refractivity contribution in [3.05, 3.63) is 47.0 Å². The van der Waals surface area contributed by atoms with E-state index in [9.17, 15) is 14.0 Å². The van der Waals surface area contributed by atoms with Crippen molar-refractivity contribution >= 4 is 12.0 Å². The molecule has 0 spiro atoms. The average Bonchev–Trinajstić information content (AvgIpc) is 2.86. The van der Waals surface area contributed by atoms with E-state index in [1.807, 2.05) is 11.5 Å². The maximum atomic E-state index is 13.7. The van der Waals surface area contributed by atoms with Gasteiger partial charge in [0.2, 0.25) is 0 Å². The number of amides is 2. The van der Waals surface area contributed by atoms with Crippen LogP contribution in [-0.2, 0) is 17.8 Å². The highest BCUT2D eigenvalue weighted by molar-refractivity contribution is 6.02. The van der Waals surface area contributed by atoms with Crippen molar-refractivity contribution in [3.63, 3.8) is 0 Å². The molecule has 2 heterocycles. The fourth-order valence-corrected chi connectivity index (χ4v) is 3.44. The highest BCUT2D eigenvalue weighted by Crippen LogP contribution is 2.35. The summed E-state index contributed by atoms with van der Waals surface area (Å²) in [5.41, 5.74) is 8.67. The maximum Gasteiger partial charge on any atom is 0.410 e. The zero-order valence-corrected chi connectivity index (χ0v) is 15.1. The predicted molar refractivity (Wildman–Crippen MR) is 95.1 cm³/mol. The molecule has 0 bridgehead atoms. The number of fused-ring (bicyclic) bond motifs is 1. The van der Waals surface area contributed by atoms with Crippen molar-refractivity contribution in [1.29, 1.82) is 0 Å². The summed E-state index contributed by atoms with van der Waals surface area (Å²) in [6.07, 6.45) is -0.649. The van der Waals surface area contributed by atoms with Crippen molar-refractivity contribution < 1.29 is 18.7 Å². The van der Waals surface area contributed by atoms with Gasteiger partial charge in [0.15, 0.2) is 0 Å². The summed E-state index contributed by atoms with van der Waals surface area (Å²) in [5, 5.41) is 0. The number of ether oxygens (including phenoxy) is 1. The van der Waals surface area contributed by atoms with E-state index in [1.54, 1.807) is 30.9 Å². The third kappa shape index (κ3) is 3.16. The molecule has 1 aromatic heterocycles. The molecule has 0 aliphatic carbocycles. The van der Waals surface area contributed by atoms with Gasteiger partial charge in [0.25, 0.3) is 5.91 Å². The Balaban J connectivity index is 2.07. The standard InChI is InChI=1S/C19H22FN3O3/c1-11(2)26-19(25)22-7-8-23-12(3)16(13-5-4-6-14(20)9-13)17(18(21)24)15(23)10-22/h4-6,9,11H,7-8,10H2,1-3H3,(H2,21,24). The molecule has 0 unspecified atom stereocenters. The molecule has 1 aliphatic rings. The Morgan fingerprint density at radius 1 is 1.27 bits per heavy atom. The van der Waals surface area contributed by atoms with Crippen molar-refractivity contribution in [2.75, 3.05) is 6.54 Å². The van der Waals surface area contributed by atoms with Gasteiger partial charge in [-0.15, -0.1) is 0 Å². The quantitative estimate of drug-likeness (QED) is 0.915. The summed E-state index contributed by atoms with van der Waals surface area (Å²) in [4.78, 5) is 26.0. The van der Waals surface area contributed by atoms with Gasteiger partial charge in [0, 0.05) is 24.3 Å². The number of carbonyl (C=O) groups is 2. The zero-order valence-electron chi connectivity index (χ0n) is 15.1. The van der Waals surface area contributed by atoms with Crippen molar-refractivity contribution in [3.8, 4) is 11.1 Å². The third-order valence-electron chi connectivity index (χ3n) is 4.52. The van der Waals surface area contributed by atoms with E-state index in [2.05, 4.69) is 0 Å². The van der Waals surface area contributed by atoms with E-state index in [4.69, 9.17) is 10.5 Å². The molecular weight excluding hydrogens is 337 g/mol. The first-order valence-corrected chi connectivity index (χ1v) is 8.52. The molecule has 0 saturated carbocycles. The lowest BCUT2D eigenvalue weighted by Gasteiger charge is -2.29. The Morgan fingerprint density at radius 2 is 2.00 bits per heavy atom. The zero-order chi connectivity index (χ0) is 19.0. The summed E-state index contributed by atoms with van der Waals surface area (Å²) in [6, 6.07) is 6.07. The monoisotopic (exact) mass is 359 g/mol. The fourth-order valence-electron chi connectivity index (χ4n) is 3.44. The molecule has 6 nitrogen and oxygen atoms in total. The Kier molecular flexibility index (Phi) is 4.71. The Labute approximate surface area is 151 Å². The van der Waals surface area contributed by atoms with Crippen LogP contribution < -0.4 is 5.73 Å². The van der Waals surface area contributed by atoms with Crippen LogP contribution in [0.25, 0.3) is 11.1 Å². The molecule has 0 saturated heterocycles. The highest BCUT2D eigenvalue weighted by Gasteiger charge is 2.31. The first-order valence-electron chi connectivity index (χ1n) is 8.52. The van der Waals surface area contributed by atoms with Gasteiger partial charge < -0.3 is 19.9 Å². The largest absolute Gasteiger partial charge is 0.447 e. The van der Waals surface area contributed by atoms with Gasteiger partial charge in [0.05, 0.1) is 23.9 Å². The van der Waals surface area contributed by atoms with Crippen LogP contribution in [0.3, 0.4) is 0 Å². The number of hydrogen-bond acceptors (Lipinski definition) is 3. The lowest BCUT2D eigenvalue weighted by molar-refractivity contribution is 0.0683. The molecular formula is C19H22FN3O3. The normalized spacial score (nSPS) is 13.7. The van der Waals surface area contributed by atoms with Gasteiger partial charge in [-0.1, -0.05) is 12.1 Å². The Bertz CT molecular complexity index is 873. The number of carbonyl (C=O) groups excluding carboxylic acids is 2. The van der Waals surface area contributed by atoms with Crippen molar-refractivity contribution in [2.45, 2.75) is 40.0 Å². The second-order valence-corrected chi connectivity index (χ2v) is 6.66. The SMILES string of the molecule is Cc1c(-c2cccc(F)c2)c(C(N)=O)c2n1CCN(C(=O)OC(C)C)C2. The molecule has 0 atom stereocenters. The van der Waals surface area contributed by atoms with E-state index in [0.717, 1.165) is 5.69 Å². The van der Waals surface area contributed by atoms with Crippen LogP contribution in [0.4, 0.5) is 9.18 Å². The third-order valence-corrected chi connectivity index (χ3v) is 4.52. The summed E-state index contributed by atoms with van der Waals surface area (Å²) in [6.45, 7) is 6.65. The molecule has 2 N–H and O–H groups in total. The minimum Gasteiger partial charge on any atom is -0.447 e. The van der Waals surface area contributed by atoms with Crippen molar-refractivity contribution in [1.82, 2.24) is 9.47 Å². The minimum absolute atomic E-state index is 0.222. The smallest absolute Gasteiger partial charge is 0.410 e. The van der Waals surface area contributed by atoms with Crippen molar-refractivity contribution in [2.24, 2.45) is 5.73 Å². The molecule has 1 aliphatic heterocycles. The van der Waals surface area contributed by atoms with Gasteiger partial charge in [0.1, 0.15) is 5.82 Å². The molecule has 0 fully saturated rings. The van der Waals surface area contributed by atoms with E-state index in [-0.39, 0.29) is 18.5 Å². The van der Waals surface area contributed by atoms with E-state index in [1.165, 1.54) is 12.1 Å². The second kappa shape index (κ2) is 6.82. The lowest BCUT2D eigenvalue weighted by atomic mass is 9.99. The number of aromatic nitrogens is 1. The topological polar surface area (TPSA) is 77.6 Å². The van der Waals surface area contributed by atoms with Gasteiger partial charge in [-0.25, -0.2) is 9.18 Å². The lowest BCUT2D eigenvalue weighted by Crippen LogP contribution is -2.40. The van der Waals surface area contributed by atoms with Crippen LogP contribution >= 0.6 is 0 Å². The molecule has 2 amide bonds. The number of benzene rings is 1. The number of hydrogen-bond donors (Lipinski definition) is 1. The molecule has 2 aromatic rings. The molecule has 138 valence electrons.